The molecule has 0 unspecified atom stereocenters. The molecular weight excluding hydrogens is 344 g/mol. The topological polar surface area (TPSA) is 41.6 Å². The molecule has 1 saturated heterocycles. The van der Waals surface area contributed by atoms with Gasteiger partial charge in [0.05, 0.1) is 6.04 Å². The van der Waals surface area contributed by atoms with Gasteiger partial charge in [-0.25, -0.2) is 0 Å². The Hall–Kier alpha value is -1.85. The van der Waals surface area contributed by atoms with Crippen LogP contribution in [0.2, 0.25) is 0 Å². The molecule has 0 bridgehead atoms. The standard InChI is InChI=1S/C21H28N2O2S/c1-16(2)14-23-10-4-9-20(23)21(24)22-13-17-6-3-7-18(12-17)25-15-19-8-5-11-26-19/h3,5-8,11-12,16,20H,4,9-10,13-15H2,1-2H3,(H,22,24)/t20-/m0/s1. The SMILES string of the molecule is CC(C)CN1CCC[C@H]1C(=O)NCc1cccc(OCc2cccs2)c1. The molecule has 0 radical (unpaired) electrons. The summed E-state index contributed by atoms with van der Waals surface area (Å²) in [6, 6.07) is 12.1. The predicted molar refractivity (Wildman–Crippen MR) is 106 cm³/mol. The summed E-state index contributed by atoms with van der Waals surface area (Å²) in [5, 5.41) is 5.16. The number of thiophene rings is 1. The number of amides is 1. The van der Waals surface area contributed by atoms with E-state index in [4.69, 9.17) is 4.74 Å². The van der Waals surface area contributed by atoms with Crippen LogP contribution < -0.4 is 10.1 Å². The highest BCUT2D eigenvalue weighted by molar-refractivity contribution is 7.09. The summed E-state index contributed by atoms with van der Waals surface area (Å²) < 4.78 is 5.85. The van der Waals surface area contributed by atoms with E-state index in [0.717, 1.165) is 37.2 Å². The molecule has 1 aromatic carbocycles. The lowest BCUT2D eigenvalue weighted by Gasteiger charge is -2.25. The number of carbonyl (C=O) groups is 1. The summed E-state index contributed by atoms with van der Waals surface area (Å²) in [5.41, 5.74) is 1.07. The molecule has 4 nitrogen and oxygen atoms in total. The van der Waals surface area contributed by atoms with Gasteiger partial charge in [0, 0.05) is 18.0 Å². The van der Waals surface area contributed by atoms with Crippen LogP contribution in [0, 0.1) is 5.92 Å². The first kappa shape index (κ1) is 18.9. The van der Waals surface area contributed by atoms with Crippen molar-refractivity contribution in [1.29, 1.82) is 0 Å². The molecular formula is C21H28N2O2S. The van der Waals surface area contributed by atoms with Crippen molar-refractivity contribution < 1.29 is 9.53 Å². The summed E-state index contributed by atoms with van der Waals surface area (Å²) in [7, 11) is 0. The zero-order valence-electron chi connectivity index (χ0n) is 15.6. The van der Waals surface area contributed by atoms with Crippen molar-refractivity contribution in [1.82, 2.24) is 10.2 Å². The van der Waals surface area contributed by atoms with Gasteiger partial charge >= 0.3 is 0 Å². The zero-order valence-corrected chi connectivity index (χ0v) is 16.4. The van der Waals surface area contributed by atoms with E-state index < -0.39 is 0 Å². The van der Waals surface area contributed by atoms with Crippen LogP contribution in [-0.4, -0.2) is 29.9 Å². The highest BCUT2D eigenvalue weighted by Gasteiger charge is 2.30. The van der Waals surface area contributed by atoms with Crippen molar-refractivity contribution >= 4 is 17.2 Å². The highest BCUT2D eigenvalue weighted by atomic mass is 32.1. The van der Waals surface area contributed by atoms with Gasteiger partial charge in [0.2, 0.25) is 5.91 Å². The van der Waals surface area contributed by atoms with E-state index >= 15 is 0 Å². The van der Waals surface area contributed by atoms with E-state index in [1.54, 1.807) is 11.3 Å². The first-order valence-corrected chi connectivity index (χ1v) is 10.3. The molecule has 0 spiro atoms. The number of ether oxygens (including phenoxy) is 1. The fourth-order valence-corrected chi connectivity index (χ4v) is 4.03. The van der Waals surface area contributed by atoms with Gasteiger partial charge in [-0.15, -0.1) is 11.3 Å². The number of rotatable bonds is 8. The normalized spacial score (nSPS) is 17.6. The lowest BCUT2D eigenvalue weighted by Crippen LogP contribution is -2.44. The van der Waals surface area contributed by atoms with Crippen LogP contribution in [0.25, 0.3) is 0 Å². The third kappa shape index (κ3) is 5.32. The summed E-state index contributed by atoms with van der Waals surface area (Å²) >= 11 is 1.69. The van der Waals surface area contributed by atoms with E-state index in [1.165, 1.54) is 4.88 Å². The van der Waals surface area contributed by atoms with Crippen LogP contribution in [0.5, 0.6) is 5.75 Å². The lowest BCUT2D eigenvalue weighted by molar-refractivity contribution is -0.125. The Morgan fingerprint density at radius 3 is 3.00 bits per heavy atom. The van der Waals surface area contributed by atoms with Gasteiger partial charge in [0.25, 0.3) is 0 Å². The number of nitrogens with zero attached hydrogens (tertiary/aromatic N) is 1. The first-order valence-electron chi connectivity index (χ1n) is 9.37. The van der Waals surface area contributed by atoms with Crippen LogP contribution in [0.4, 0.5) is 0 Å². The fraction of sp³-hybridized carbons (Fsp3) is 0.476. The second-order valence-electron chi connectivity index (χ2n) is 7.28. The number of carbonyl (C=O) groups excluding carboxylic acids is 1. The second kappa shape index (κ2) is 9.19. The van der Waals surface area contributed by atoms with E-state index in [-0.39, 0.29) is 11.9 Å². The van der Waals surface area contributed by atoms with Crippen LogP contribution >= 0.6 is 11.3 Å². The maximum Gasteiger partial charge on any atom is 0.237 e. The minimum Gasteiger partial charge on any atom is -0.488 e. The molecule has 1 aliphatic rings. The molecule has 1 aliphatic heterocycles. The molecule has 2 aromatic rings. The Balaban J connectivity index is 1.51. The molecule has 3 rings (SSSR count). The molecule has 0 saturated carbocycles. The summed E-state index contributed by atoms with van der Waals surface area (Å²) in [5.74, 6) is 1.57. The molecule has 1 amide bonds. The van der Waals surface area contributed by atoms with E-state index in [9.17, 15) is 4.79 Å². The number of likely N-dealkylation sites (tertiary alicyclic amines) is 1. The number of hydrogen-bond acceptors (Lipinski definition) is 4. The van der Waals surface area contributed by atoms with Gasteiger partial charge in [0.15, 0.2) is 0 Å². The van der Waals surface area contributed by atoms with Crippen molar-refractivity contribution in [3.63, 3.8) is 0 Å². The fourth-order valence-electron chi connectivity index (χ4n) is 3.41. The van der Waals surface area contributed by atoms with Crippen LogP contribution in [0.1, 0.15) is 37.1 Å². The molecule has 0 aliphatic carbocycles. The van der Waals surface area contributed by atoms with Crippen LogP contribution in [0.3, 0.4) is 0 Å². The molecule has 2 heterocycles. The molecule has 1 aromatic heterocycles. The third-order valence-corrected chi connectivity index (χ3v) is 5.44. The smallest absolute Gasteiger partial charge is 0.237 e. The van der Waals surface area contributed by atoms with Gasteiger partial charge in [-0.3, -0.25) is 9.69 Å². The van der Waals surface area contributed by atoms with Gasteiger partial charge in [-0.05, 0) is 54.4 Å². The summed E-state index contributed by atoms with van der Waals surface area (Å²) in [6.45, 7) is 7.55. The van der Waals surface area contributed by atoms with E-state index in [2.05, 4.69) is 35.5 Å². The largest absolute Gasteiger partial charge is 0.488 e. The van der Waals surface area contributed by atoms with Crippen LogP contribution in [-0.2, 0) is 17.9 Å². The molecule has 1 fully saturated rings. The minimum absolute atomic E-state index is 0.0238. The molecule has 1 N–H and O–H groups in total. The number of nitrogens with one attached hydrogen (secondary N) is 1. The van der Waals surface area contributed by atoms with Gasteiger partial charge < -0.3 is 10.1 Å². The molecule has 1 atom stereocenters. The van der Waals surface area contributed by atoms with Gasteiger partial charge in [-0.1, -0.05) is 32.0 Å². The second-order valence-corrected chi connectivity index (χ2v) is 8.31. The molecule has 26 heavy (non-hydrogen) atoms. The summed E-state index contributed by atoms with van der Waals surface area (Å²) in [6.07, 6.45) is 2.07. The van der Waals surface area contributed by atoms with Crippen LogP contribution in [0.15, 0.2) is 41.8 Å². The minimum atomic E-state index is 0.0238. The van der Waals surface area contributed by atoms with Crippen molar-refractivity contribution in [3.8, 4) is 5.75 Å². The van der Waals surface area contributed by atoms with Crippen molar-refractivity contribution in [3.05, 3.63) is 52.2 Å². The Bertz CT molecular complexity index is 700. The Kier molecular flexibility index (Phi) is 6.69. The quantitative estimate of drug-likeness (QED) is 0.760. The average molecular weight is 373 g/mol. The Morgan fingerprint density at radius 1 is 1.35 bits per heavy atom. The maximum atomic E-state index is 12.6. The molecule has 5 heteroatoms. The van der Waals surface area contributed by atoms with E-state index in [0.29, 0.717) is 19.1 Å². The summed E-state index contributed by atoms with van der Waals surface area (Å²) in [4.78, 5) is 16.1. The predicted octanol–water partition coefficient (Wildman–Crippen LogP) is 4.06. The number of hydrogen-bond donors (Lipinski definition) is 1. The zero-order chi connectivity index (χ0) is 18.4. The average Bonchev–Trinajstić information content (AvgIpc) is 3.29. The van der Waals surface area contributed by atoms with Crippen molar-refractivity contribution in [2.45, 2.75) is 45.9 Å². The van der Waals surface area contributed by atoms with Crippen molar-refractivity contribution in [2.75, 3.05) is 13.1 Å². The Labute approximate surface area is 160 Å². The first-order chi connectivity index (χ1) is 12.6. The van der Waals surface area contributed by atoms with E-state index in [1.807, 2.05) is 30.3 Å². The monoisotopic (exact) mass is 372 g/mol. The van der Waals surface area contributed by atoms with Gasteiger partial charge in [0.1, 0.15) is 12.4 Å². The Morgan fingerprint density at radius 2 is 2.23 bits per heavy atom. The van der Waals surface area contributed by atoms with Crippen molar-refractivity contribution in [2.24, 2.45) is 5.92 Å². The van der Waals surface area contributed by atoms with Gasteiger partial charge in [-0.2, -0.15) is 0 Å². The highest BCUT2D eigenvalue weighted by Crippen LogP contribution is 2.20. The molecule has 140 valence electrons. The number of benzene rings is 1. The third-order valence-electron chi connectivity index (χ3n) is 4.59. The lowest BCUT2D eigenvalue weighted by atomic mass is 10.1. The maximum absolute atomic E-state index is 12.6.